The van der Waals surface area contributed by atoms with Crippen molar-refractivity contribution in [1.82, 2.24) is 10.7 Å². The first kappa shape index (κ1) is 12.2. The Labute approximate surface area is 90.2 Å². The lowest BCUT2D eigenvalue weighted by atomic mass is 10.3. The van der Waals surface area contributed by atoms with Crippen LogP contribution < -0.4 is 16.6 Å². The summed E-state index contributed by atoms with van der Waals surface area (Å²) in [7, 11) is 0. The molecule has 1 atom stereocenters. The van der Waals surface area contributed by atoms with Crippen LogP contribution >= 0.6 is 0 Å². The van der Waals surface area contributed by atoms with Gasteiger partial charge in [0.15, 0.2) is 0 Å². The molecule has 0 aromatic heterocycles. The van der Waals surface area contributed by atoms with E-state index in [0.717, 1.165) is 13.0 Å². The number of aliphatic imine (C=N–C) groups is 1. The smallest absolute Gasteiger partial charge is 0.205 e. The summed E-state index contributed by atoms with van der Waals surface area (Å²) in [5.41, 5.74) is 2.52. The van der Waals surface area contributed by atoms with E-state index in [0.29, 0.717) is 32.3 Å². The van der Waals surface area contributed by atoms with E-state index in [1.54, 1.807) is 0 Å². The maximum Gasteiger partial charge on any atom is 0.205 e. The summed E-state index contributed by atoms with van der Waals surface area (Å²) in [5.74, 6) is 5.92. The van der Waals surface area contributed by atoms with E-state index in [1.807, 2.05) is 0 Å². The van der Waals surface area contributed by atoms with Crippen molar-refractivity contribution < 1.29 is 9.47 Å². The Morgan fingerprint density at radius 2 is 2.40 bits per heavy atom. The van der Waals surface area contributed by atoms with Gasteiger partial charge in [0.25, 0.3) is 0 Å². The topological polar surface area (TPSA) is 80.9 Å². The minimum Gasteiger partial charge on any atom is -0.376 e. The van der Waals surface area contributed by atoms with Gasteiger partial charge in [-0.25, -0.2) is 10.8 Å². The standard InChI is InChI=1S/C9H20N4O2/c1-2-3-11-9(13-10)12-6-8-7-14-4-5-15-8/h8H,2-7,10H2,1H3,(H2,11,12,13). The molecule has 0 bridgehead atoms. The first-order chi connectivity index (χ1) is 7.36. The van der Waals surface area contributed by atoms with Gasteiger partial charge in [-0.2, -0.15) is 0 Å². The predicted molar refractivity (Wildman–Crippen MR) is 58.5 cm³/mol. The van der Waals surface area contributed by atoms with Gasteiger partial charge in [0.1, 0.15) is 6.10 Å². The number of guanidine groups is 1. The zero-order valence-corrected chi connectivity index (χ0v) is 9.16. The quantitative estimate of drug-likeness (QED) is 0.249. The minimum absolute atomic E-state index is 0.0468. The molecule has 0 saturated carbocycles. The fourth-order valence-electron chi connectivity index (χ4n) is 1.23. The molecule has 1 saturated heterocycles. The molecule has 0 radical (unpaired) electrons. The van der Waals surface area contributed by atoms with Gasteiger partial charge in [-0.05, 0) is 6.42 Å². The van der Waals surface area contributed by atoms with Gasteiger partial charge < -0.3 is 14.8 Å². The number of hydrazine groups is 1. The molecule has 1 unspecified atom stereocenters. The molecule has 0 aliphatic carbocycles. The van der Waals surface area contributed by atoms with Crippen LogP contribution in [0.2, 0.25) is 0 Å². The Balaban J connectivity index is 2.25. The van der Waals surface area contributed by atoms with Gasteiger partial charge in [0.05, 0.1) is 26.4 Å². The largest absolute Gasteiger partial charge is 0.376 e. The molecule has 0 spiro atoms. The van der Waals surface area contributed by atoms with E-state index in [9.17, 15) is 0 Å². The summed E-state index contributed by atoms with van der Waals surface area (Å²) >= 11 is 0. The molecule has 1 heterocycles. The Morgan fingerprint density at radius 1 is 1.53 bits per heavy atom. The highest BCUT2D eigenvalue weighted by molar-refractivity contribution is 5.79. The van der Waals surface area contributed by atoms with E-state index >= 15 is 0 Å². The van der Waals surface area contributed by atoms with Gasteiger partial charge in [-0.3, -0.25) is 5.43 Å². The molecule has 15 heavy (non-hydrogen) atoms. The molecule has 1 aliphatic heterocycles. The van der Waals surface area contributed by atoms with Crippen LogP contribution in [0.4, 0.5) is 0 Å². The average Bonchev–Trinajstić information content (AvgIpc) is 2.31. The first-order valence-corrected chi connectivity index (χ1v) is 5.31. The van der Waals surface area contributed by atoms with Gasteiger partial charge in [-0.1, -0.05) is 6.92 Å². The van der Waals surface area contributed by atoms with E-state index < -0.39 is 0 Å². The lowest BCUT2D eigenvalue weighted by Gasteiger charge is -2.21. The lowest BCUT2D eigenvalue weighted by molar-refractivity contribution is -0.0832. The van der Waals surface area contributed by atoms with Crippen LogP contribution in [0, 0.1) is 0 Å². The molecule has 6 nitrogen and oxygen atoms in total. The van der Waals surface area contributed by atoms with Gasteiger partial charge >= 0.3 is 0 Å². The van der Waals surface area contributed by atoms with Crippen molar-refractivity contribution in [3.05, 3.63) is 0 Å². The fourth-order valence-corrected chi connectivity index (χ4v) is 1.23. The summed E-state index contributed by atoms with van der Waals surface area (Å²) in [6.45, 7) is 5.43. The predicted octanol–water partition coefficient (Wildman–Crippen LogP) is -0.779. The third-order valence-electron chi connectivity index (χ3n) is 2.02. The summed E-state index contributed by atoms with van der Waals surface area (Å²) in [6, 6.07) is 0. The van der Waals surface area contributed by atoms with Crippen LogP contribution in [0.5, 0.6) is 0 Å². The molecule has 0 aromatic rings. The van der Waals surface area contributed by atoms with Crippen molar-refractivity contribution >= 4 is 5.96 Å². The van der Waals surface area contributed by atoms with Gasteiger partial charge in [-0.15, -0.1) is 0 Å². The van der Waals surface area contributed by atoms with E-state index in [-0.39, 0.29) is 6.10 Å². The van der Waals surface area contributed by atoms with Crippen molar-refractivity contribution in [3.8, 4) is 0 Å². The van der Waals surface area contributed by atoms with Gasteiger partial charge in [0.2, 0.25) is 5.96 Å². The lowest BCUT2D eigenvalue weighted by Crippen LogP contribution is -2.43. The second kappa shape index (κ2) is 7.44. The number of nitrogens with two attached hydrogens (primary N) is 1. The van der Waals surface area contributed by atoms with Crippen molar-refractivity contribution in [2.24, 2.45) is 10.8 Å². The minimum atomic E-state index is 0.0468. The normalized spacial score (nSPS) is 22.5. The SMILES string of the molecule is CCCNC(=NCC1COCCO1)NN. The Bertz CT molecular complexity index is 193. The second-order valence-corrected chi connectivity index (χ2v) is 3.33. The maximum atomic E-state index is 5.45. The average molecular weight is 216 g/mol. The third-order valence-corrected chi connectivity index (χ3v) is 2.02. The molecular weight excluding hydrogens is 196 g/mol. The zero-order chi connectivity index (χ0) is 10.9. The summed E-state index contributed by atoms with van der Waals surface area (Å²) < 4.78 is 10.7. The molecule has 0 amide bonds. The van der Waals surface area contributed by atoms with E-state index in [4.69, 9.17) is 15.3 Å². The molecule has 1 rings (SSSR count). The molecule has 1 aliphatic rings. The van der Waals surface area contributed by atoms with Crippen LogP contribution in [0.1, 0.15) is 13.3 Å². The van der Waals surface area contributed by atoms with E-state index in [2.05, 4.69) is 22.7 Å². The maximum absolute atomic E-state index is 5.45. The summed E-state index contributed by atoms with van der Waals surface area (Å²) in [5, 5.41) is 3.08. The fraction of sp³-hybridized carbons (Fsp3) is 0.889. The third kappa shape index (κ3) is 4.96. The number of hydrogen-bond acceptors (Lipinski definition) is 4. The Morgan fingerprint density at radius 3 is 3.00 bits per heavy atom. The summed E-state index contributed by atoms with van der Waals surface area (Å²) in [4.78, 5) is 4.27. The highest BCUT2D eigenvalue weighted by Gasteiger charge is 2.13. The van der Waals surface area contributed by atoms with Gasteiger partial charge in [0, 0.05) is 6.54 Å². The molecule has 0 aromatic carbocycles. The monoisotopic (exact) mass is 216 g/mol. The van der Waals surface area contributed by atoms with Crippen molar-refractivity contribution in [2.75, 3.05) is 32.9 Å². The number of nitrogens with one attached hydrogen (secondary N) is 2. The van der Waals surface area contributed by atoms with Crippen molar-refractivity contribution in [2.45, 2.75) is 19.4 Å². The first-order valence-electron chi connectivity index (χ1n) is 5.31. The van der Waals surface area contributed by atoms with E-state index in [1.165, 1.54) is 0 Å². The second-order valence-electron chi connectivity index (χ2n) is 3.33. The Kier molecular flexibility index (Phi) is 6.06. The van der Waals surface area contributed by atoms with Crippen LogP contribution in [0.3, 0.4) is 0 Å². The number of ether oxygens (including phenoxy) is 2. The molecule has 4 N–H and O–H groups in total. The number of nitrogens with zero attached hydrogens (tertiary/aromatic N) is 1. The molecular formula is C9H20N4O2. The zero-order valence-electron chi connectivity index (χ0n) is 9.16. The summed E-state index contributed by atoms with van der Waals surface area (Å²) in [6.07, 6.45) is 1.08. The molecule has 88 valence electrons. The molecule has 1 fully saturated rings. The van der Waals surface area contributed by atoms with Crippen LogP contribution in [-0.4, -0.2) is 45.0 Å². The van der Waals surface area contributed by atoms with Crippen LogP contribution in [-0.2, 0) is 9.47 Å². The number of rotatable bonds is 4. The van der Waals surface area contributed by atoms with Crippen molar-refractivity contribution in [3.63, 3.8) is 0 Å². The van der Waals surface area contributed by atoms with Crippen LogP contribution in [0.25, 0.3) is 0 Å². The molecule has 6 heteroatoms. The highest BCUT2D eigenvalue weighted by atomic mass is 16.6. The highest BCUT2D eigenvalue weighted by Crippen LogP contribution is 2.00. The number of hydrogen-bond donors (Lipinski definition) is 3. The van der Waals surface area contributed by atoms with Crippen LogP contribution in [0.15, 0.2) is 4.99 Å². The van der Waals surface area contributed by atoms with Crippen molar-refractivity contribution in [1.29, 1.82) is 0 Å². The Hall–Kier alpha value is -0.850.